The Morgan fingerprint density at radius 3 is 2.36 bits per heavy atom. The highest BCUT2D eigenvalue weighted by atomic mass is 35.5. The minimum Gasteiger partial charge on any atom is -0.481 e. The van der Waals surface area contributed by atoms with Gasteiger partial charge in [0.05, 0.1) is 10.8 Å². The van der Waals surface area contributed by atoms with Crippen molar-refractivity contribution in [2.45, 2.75) is 41.8 Å². The van der Waals surface area contributed by atoms with Gasteiger partial charge in [-0.25, -0.2) is 0 Å². The van der Waals surface area contributed by atoms with Crippen LogP contribution in [0.25, 0.3) is 0 Å². The van der Waals surface area contributed by atoms with Crippen molar-refractivity contribution in [1.82, 2.24) is 0 Å². The third kappa shape index (κ3) is 3.18. The normalized spacial score (nSPS) is 38.2. The fourth-order valence-corrected chi connectivity index (χ4v) is 3.01. The number of rotatable bonds is 3. The fourth-order valence-electron chi connectivity index (χ4n) is 1.79. The Hall–Kier alpha value is 0.340. The van der Waals surface area contributed by atoms with Crippen molar-refractivity contribution in [2.75, 3.05) is 0 Å². The maximum absolute atomic E-state index is 10.4. The third-order valence-corrected chi connectivity index (χ3v) is 4.42. The van der Waals surface area contributed by atoms with E-state index in [4.69, 9.17) is 39.9 Å². The Balaban J connectivity index is 2.49. The summed E-state index contributed by atoms with van der Waals surface area (Å²) >= 11 is 18.2. The Morgan fingerprint density at radius 2 is 1.79 bits per heavy atom. The van der Waals surface area contributed by atoms with E-state index in [1.807, 2.05) is 0 Å². The zero-order chi connectivity index (χ0) is 10.7. The van der Waals surface area contributed by atoms with E-state index < -0.39 is 5.97 Å². The van der Waals surface area contributed by atoms with Crippen LogP contribution in [0.1, 0.15) is 25.7 Å². The van der Waals surface area contributed by atoms with Crippen molar-refractivity contribution < 1.29 is 9.90 Å². The summed E-state index contributed by atoms with van der Waals surface area (Å²) in [6.45, 7) is 0. The summed E-state index contributed by atoms with van der Waals surface area (Å²) in [6.07, 6.45) is 2.26. The molecule has 82 valence electrons. The lowest BCUT2D eigenvalue weighted by Crippen LogP contribution is -2.37. The summed E-state index contributed by atoms with van der Waals surface area (Å²) in [7, 11) is 0. The number of hydrogen-bond acceptors (Lipinski definition) is 1. The maximum atomic E-state index is 10.4. The highest BCUT2D eigenvalue weighted by molar-refractivity contribution is 6.31. The first-order valence-corrected chi connectivity index (χ1v) is 5.97. The predicted octanol–water partition coefficient (Wildman–Crippen LogP) is 3.08. The molecule has 1 aliphatic carbocycles. The maximum Gasteiger partial charge on any atom is 0.303 e. The number of carboxylic acid groups (broad SMARTS) is 1. The van der Waals surface area contributed by atoms with Gasteiger partial charge < -0.3 is 5.11 Å². The van der Waals surface area contributed by atoms with E-state index in [0.29, 0.717) is 6.42 Å². The number of halogens is 3. The quantitative estimate of drug-likeness (QED) is 0.791. The molecule has 0 spiro atoms. The second-order valence-corrected chi connectivity index (χ2v) is 5.28. The number of hydrogen-bond donors (Lipinski definition) is 1. The molecule has 0 bridgehead atoms. The summed E-state index contributed by atoms with van der Waals surface area (Å²) in [5.74, 6) is -0.792. The average molecular weight is 260 g/mol. The molecule has 1 rings (SSSR count). The number of alkyl halides is 3. The molecule has 4 atom stereocenters. The molecule has 1 N–H and O–H groups in total. The highest BCUT2D eigenvalue weighted by Crippen LogP contribution is 2.37. The summed E-state index contributed by atoms with van der Waals surface area (Å²) < 4.78 is 0. The lowest BCUT2D eigenvalue weighted by Gasteiger charge is -2.34. The summed E-state index contributed by atoms with van der Waals surface area (Å²) in [6, 6.07) is 0. The molecular formula is C9H13Cl3O2. The monoisotopic (exact) mass is 258 g/mol. The van der Waals surface area contributed by atoms with Gasteiger partial charge in [0.1, 0.15) is 0 Å². The van der Waals surface area contributed by atoms with Crippen LogP contribution in [0.5, 0.6) is 0 Å². The first-order chi connectivity index (χ1) is 6.52. The van der Waals surface area contributed by atoms with Crippen molar-refractivity contribution >= 4 is 40.8 Å². The largest absolute Gasteiger partial charge is 0.481 e. The van der Waals surface area contributed by atoms with Crippen LogP contribution < -0.4 is 0 Å². The van der Waals surface area contributed by atoms with Gasteiger partial charge in [0.15, 0.2) is 0 Å². The third-order valence-electron chi connectivity index (χ3n) is 2.63. The van der Waals surface area contributed by atoms with Gasteiger partial charge in [0, 0.05) is 11.8 Å². The topological polar surface area (TPSA) is 37.3 Å². The Bertz CT molecular complexity index is 210. The molecule has 0 amide bonds. The Kier molecular flexibility index (Phi) is 4.81. The average Bonchev–Trinajstić information content (AvgIpc) is 2.11. The molecule has 0 radical (unpaired) electrons. The molecule has 0 saturated heterocycles. The Morgan fingerprint density at radius 1 is 1.21 bits per heavy atom. The van der Waals surface area contributed by atoms with E-state index in [-0.39, 0.29) is 28.5 Å². The Labute approximate surface area is 98.5 Å². The van der Waals surface area contributed by atoms with Crippen LogP contribution in [0, 0.1) is 5.92 Å². The van der Waals surface area contributed by atoms with E-state index in [1.165, 1.54) is 0 Å². The van der Waals surface area contributed by atoms with Crippen LogP contribution in [0.3, 0.4) is 0 Å². The first kappa shape index (κ1) is 12.4. The van der Waals surface area contributed by atoms with Crippen LogP contribution in [-0.4, -0.2) is 27.2 Å². The van der Waals surface area contributed by atoms with Crippen LogP contribution in [0.2, 0.25) is 0 Å². The standard InChI is InChI=1S/C9H13Cl3O2/c10-6-2-3-7(11)9(12)5(6)1-4-8(13)14/h5-7,9H,1-4H2,(H,13,14). The second-order valence-electron chi connectivity index (χ2n) is 3.65. The smallest absolute Gasteiger partial charge is 0.303 e. The van der Waals surface area contributed by atoms with E-state index in [9.17, 15) is 4.79 Å². The van der Waals surface area contributed by atoms with E-state index >= 15 is 0 Å². The van der Waals surface area contributed by atoms with E-state index in [2.05, 4.69) is 0 Å². The summed E-state index contributed by atoms with van der Waals surface area (Å²) in [5, 5.41) is 8.25. The molecule has 14 heavy (non-hydrogen) atoms. The fraction of sp³-hybridized carbons (Fsp3) is 0.889. The lowest BCUT2D eigenvalue weighted by molar-refractivity contribution is -0.137. The van der Waals surface area contributed by atoms with Crippen molar-refractivity contribution in [3.05, 3.63) is 0 Å². The van der Waals surface area contributed by atoms with Gasteiger partial charge in [-0.2, -0.15) is 0 Å². The molecule has 2 nitrogen and oxygen atoms in total. The lowest BCUT2D eigenvalue weighted by atomic mass is 9.85. The molecule has 1 aliphatic rings. The van der Waals surface area contributed by atoms with Gasteiger partial charge in [-0.05, 0) is 25.2 Å². The minimum atomic E-state index is -0.811. The molecule has 0 heterocycles. The van der Waals surface area contributed by atoms with Gasteiger partial charge in [-0.15, -0.1) is 34.8 Å². The minimum absolute atomic E-state index is 0.0192. The summed E-state index contributed by atoms with van der Waals surface area (Å²) in [5.41, 5.74) is 0. The molecule has 0 aromatic heterocycles. The van der Waals surface area contributed by atoms with Crippen LogP contribution in [-0.2, 0) is 4.79 Å². The zero-order valence-electron chi connectivity index (χ0n) is 7.63. The predicted molar refractivity (Wildman–Crippen MR) is 58.5 cm³/mol. The molecular weight excluding hydrogens is 246 g/mol. The number of aliphatic carboxylic acids is 1. The van der Waals surface area contributed by atoms with Gasteiger partial charge >= 0.3 is 5.97 Å². The molecule has 4 unspecified atom stereocenters. The molecule has 1 saturated carbocycles. The SMILES string of the molecule is O=C(O)CCC1C(Cl)CCC(Cl)C1Cl. The van der Waals surface area contributed by atoms with Crippen molar-refractivity contribution in [3.8, 4) is 0 Å². The van der Waals surface area contributed by atoms with Crippen molar-refractivity contribution in [2.24, 2.45) is 5.92 Å². The van der Waals surface area contributed by atoms with Crippen molar-refractivity contribution in [1.29, 1.82) is 0 Å². The van der Waals surface area contributed by atoms with Crippen LogP contribution >= 0.6 is 34.8 Å². The second kappa shape index (κ2) is 5.43. The van der Waals surface area contributed by atoms with Crippen molar-refractivity contribution in [3.63, 3.8) is 0 Å². The number of carbonyl (C=O) groups is 1. The molecule has 0 aliphatic heterocycles. The zero-order valence-corrected chi connectivity index (χ0v) is 9.89. The summed E-state index contributed by atoms with van der Waals surface area (Å²) in [4.78, 5) is 10.4. The highest BCUT2D eigenvalue weighted by Gasteiger charge is 2.36. The van der Waals surface area contributed by atoms with E-state index in [0.717, 1.165) is 12.8 Å². The first-order valence-electron chi connectivity index (χ1n) is 4.66. The van der Waals surface area contributed by atoms with Gasteiger partial charge in [0.25, 0.3) is 0 Å². The van der Waals surface area contributed by atoms with E-state index in [1.54, 1.807) is 0 Å². The van der Waals surface area contributed by atoms with Crippen LogP contribution in [0.4, 0.5) is 0 Å². The molecule has 0 aromatic rings. The molecule has 1 fully saturated rings. The van der Waals surface area contributed by atoms with Gasteiger partial charge in [-0.1, -0.05) is 0 Å². The van der Waals surface area contributed by atoms with Gasteiger partial charge in [-0.3, -0.25) is 4.79 Å². The number of carboxylic acids is 1. The molecule has 5 heteroatoms. The molecule has 0 aromatic carbocycles. The van der Waals surface area contributed by atoms with Crippen LogP contribution in [0.15, 0.2) is 0 Å². The van der Waals surface area contributed by atoms with Gasteiger partial charge in [0.2, 0.25) is 0 Å².